The summed E-state index contributed by atoms with van der Waals surface area (Å²) in [6.07, 6.45) is 1.38. The fourth-order valence-electron chi connectivity index (χ4n) is 1.89. The summed E-state index contributed by atoms with van der Waals surface area (Å²) in [6.45, 7) is 1.69. The summed E-state index contributed by atoms with van der Waals surface area (Å²) in [5.41, 5.74) is 1.12. The quantitative estimate of drug-likeness (QED) is 0.463. The van der Waals surface area contributed by atoms with Gasteiger partial charge in [-0.1, -0.05) is 5.16 Å². The Labute approximate surface area is 133 Å². The molecule has 0 aliphatic rings. The van der Waals surface area contributed by atoms with E-state index >= 15 is 0 Å². The van der Waals surface area contributed by atoms with E-state index in [4.69, 9.17) is 23.5 Å². The molecular formula is C16H17NO6. The van der Waals surface area contributed by atoms with E-state index in [1.165, 1.54) is 33.7 Å². The van der Waals surface area contributed by atoms with Gasteiger partial charge in [0.15, 0.2) is 11.5 Å². The molecule has 0 unspecified atom stereocenters. The van der Waals surface area contributed by atoms with Gasteiger partial charge in [0.2, 0.25) is 11.5 Å². The molecule has 0 spiro atoms. The van der Waals surface area contributed by atoms with Crippen LogP contribution in [0.3, 0.4) is 0 Å². The van der Waals surface area contributed by atoms with Crippen LogP contribution in [-0.2, 0) is 4.84 Å². The molecule has 1 aromatic heterocycles. The summed E-state index contributed by atoms with van der Waals surface area (Å²) < 4.78 is 20.7. The number of methoxy groups -OCH3 is 3. The zero-order valence-electron chi connectivity index (χ0n) is 13.3. The van der Waals surface area contributed by atoms with Crippen LogP contribution in [0.4, 0.5) is 0 Å². The number of rotatable bonds is 6. The Morgan fingerprint density at radius 2 is 1.74 bits per heavy atom. The fourth-order valence-corrected chi connectivity index (χ4v) is 1.89. The van der Waals surface area contributed by atoms with E-state index in [2.05, 4.69) is 5.16 Å². The molecule has 0 radical (unpaired) electrons. The maximum atomic E-state index is 11.7. The van der Waals surface area contributed by atoms with Gasteiger partial charge in [-0.15, -0.1) is 0 Å². The maximum Gasteiger partial charge on any atom is 0.400 e. The Balaban J connectivity index is 2.26. The number of carbonyl (C=O) groups excluding carboxylic acids is 1. The van der Waals surface area contributed by atoms with Crippen molar-refractivity contribution in [3.05, 3.63) is 41.9 Å². The van der Waals surface area contributed by atoms with Gasteiger partial charge in [0.25, 0.3) is 0 Å². The topological polar surface area (TPSA) is 79.5 Å². The van der Waals surface area contributed by atoms with E-state index in [1.54, 1.807) is 25.1 Å². The molecule has 2 aromatic rings. The highest BCUT2D eigenvalue weighted by Crippen LogP contribution is 2.38. The number of furan rings is 1. The highest BCUT2D eigenvalue weighted by Gasteiger charge is 2.15. The first-order valence-corrected chi connectivity index (χ1v) is 6.70. The molecule has 23 heavy (non-hydrogen) atoms. The third-order valence-electron chi connectivity index (χ3n) is 3.07. The molecule has 1 aromatic carbocycles. The Kier molecular flexibility index (Phi) is 5.24. The van der Waals surface area contributed by atoms with Crippen LogP contribution < -0.4 is 14.2 Å². The molecule has 0 aliphatic carbocycles. The summed E-state index contributed by atoms with van der Waals surface area (Å²) in [7, 11) is 4.56. The summed E-state index contributed by atoms with van der Waals surface area (Å²) in [6, 6.07) is 6.50. The van der Waals surface area contributed by atoms with Gasteiger partial charge in [0.1, 0.15) is 0 Å². The van der Waals surface area contributed by atoms with Crippen molar-refractivity contribution in [3.8, 4) is 17.2 Å². The number of carbonyl (C=O) groups is 1. The predicted octanol–water partition coefficient (Wildman–Crippen LogP) is 2.89. The van der Waals surface area contributed by atoms with Crippen molar-refractivity contribution in [2.45, 2.75) is 6.92 Å². The second-order valence-corrected chi connectivity index (χ2v) is 4.45. The minimum atomic E-state index is -0.679. The lowest BCUT2D eigenvalue weighted by Gasteiger charge is -2.13. The van der Waals surface area contributed by atoms with Crippen LogP contribution in [0.1, 0.15) is 23.0 Å². The number of oxime groups is 1. The van der Waals surface area contributed by atoms with Crippen LogP contribution in [0, 0.1) is 0 Å². The second-order valence-electron chi connectivity index (χ2n) is 4.45. The first-order valence-electron chi connectivity index (χ1n) is 6.70. The highest BCUT2D eigenvalue weighted by molar-refractivity contribution is 6.00. The van der Waals surface area contributed by atoms with Crippen molar-refractivity contribution in [1.82, 2.24) is 0 Å². The molecule has 2 rings (SSSR count). The largest absolute Gasteiger partial charge is 0.493 e. The van der Waals surface area contributed by atoms with E-state index in [-0.39, 0.29) is 5.76 Å². The van der Waals surface area contributed by atoms with Gasteiger partial charge in [-0.2, -0.15) is 0 Å². The summed E-state index contributed by atoms with van der Waals surface area (Å²) in [5, 5.41) is 3.81. The van der Waals surface area contributed by atoms with Crippen LogP contribution in [0.15, 0.2) is 40.1 Å². The Morgan fingerprint density at radius 1 is 1.09 bits per heavy atom. The lowest BCUT2D eigenvalue weighted by molar-refractivity contribution is 0.0480. The van der Waals surface area contributed by atoms with Gasteiger partial charge < -0.3 is 23.5 Å². The average molecular weight is 319 g/mol. The van der Waals surface area contributed by atoms with E-state index in [1.807, 2.05) is 0 Å². The van der Waals surface area contributed by atoms with Gasteiger partial charge in [0.05, 0.1) is 33.3 Å². The average Bonchev–Trinajstić information content (AvgIpc) is 3.12. The smallest absolute Gasteiger partial charge is 0.400 e. The molecule has 0 aliphatic heterocycles. The Bertz CT molecular complexity index is 680. The molecule has 0 fully saturated rings. The number of hydrogen-bond donors (Lipinski definition) is 0. The fraction of sp³-hybridized carbons (Fsp3) is 0.250. The van der Waals surface area contributed by atoms with Gasteiger partial charge in [-0.3, -0.25) is 0 Å². The molecule has 122 valence electrons. The van der Waals surface area contributed by atoms with Gasteiger partial charge in [-0.05, 0) is 31.2 Å². The molecule has 7 nitrogen and oxygen atoms in total. The minimum Gasteiger partial charge on any atom is -0.493 e. The van der Waals surface area contributed by atoms with E-state index in [9.17, 15) is 4.79 Å². The maximum absolute atomic E-state index is 11.7. The third kappa shape index (κ3) is 3.63. The summed E-state index contributed by atoms with van der Waals surface area (Å²) in [5.74, 6) is 0.829. The second kappa shape index (κ2) is 7.35. The van der Waals surface area contributed by atoms with Crippen LogP contribution >= 0.6 is 0 Å². The normalized spacial score (nSPS) is 11.0. The molecule has 0 saturated carbocycles. The van der Waals surface area contributed by atoms with Crippen LogP contribution in [0.25, 0.3) is 0 Å². The van der Waals surface area contributed by atoms with Crippen LogP contribution in [0.5, 0.6) is 17.2 Å². The van der Waals surface area contributed by atoms with Gasteiger partial charge in [-0.25, -0.2) is 4.79 Å². The van der Waals surface area contributed by atoms with Crippen molar-refractivity contribution >= 4 is 11.7 Å². The zero-order chi connectivity index (χ0) is 16.8. The predicted molar refractivity (Wildman–Crippen MR) is 82.4 cm³/mol. The van der Waals surface area contributed by atoms with Crippen molar-refractivity contribution in [3.63, 3.8) is 0 Å². The lowest BCUT2D eigenvalue weighted by Crippen LogP contribution is -2.04. The first-order chi connectivity index (χ1) is 11.1. The first kappa shape index (κ1) is 16.4. The molecule has 1 heterocycles. The van der Waals surface area contributed by atoms with Crippen molar-refractivity contribution in [1.29, 1.82) is 0 Å². The minimum absolute atomic E-state index is 0.0754. The third-order valence-corrected chi connectivity index (χ3v) is 3.07. The monoisotopic (exact) mass is 319 g/mol. The summed E-state index contributed by atoms with van der Waals surface area (Å²) >= 11 is 0. The molecule has 0 bridgehead atoms. The number of benzene rings is 1. The number of ether oxygens (including phenoxy) is 3. The lowest BCUT2D eigenvalue weighted by atomic mass is 10.1. The zero-order valence-corrected chi connectivity index (χ0v) is 13.3. The molecule has 0 N–H and O–H groups in total. The van der Waals surface area contributed by atoms with Gasteiger partial charge >= 0.3 is 5.97 Å². The Hall–Kier alpha value is -2.96. The molecule has 0 amide bonds. The van der Waals surface area contributed by atoms with Crippen molar-refractivity contribution < 1.29 is 28.3 Å². The van der Waals surface area contributed by atoms with Crippen LogP contribution in [-0.4, -0.2) is 33.0 Å². The Morgan fingerprint density at radius 3 is 2.22 bits per heavy atom. The number of nitrogens with zero attached hydrogens (tertiary/aromatic N) is 1. The van der Waals surface area contributed by atoms with Gasteiger partial charge in [0, 0.05) is 5.56 Å². The molecule has 0 atom stereocenters. The van der Waals surface area contributed by atoms with Crippen molar-refractivity contribution in [2.24, 2.45) is 5.16 Å². The van der Waals surface area contributed by atoms with Crippen LogP contribution in [0.2, 0.25) is 0 Å². The molecular weight excluding hydrogens is 302 g/mol. The van der Waals surface area contributed by atoms with E-state index in [0.29, 0.717) is 28.5 Å². The standard InChI is InChI=1S/C16H17NO6/c1-10(17-23-16(18)12-6-5-7-22-12)11-8-13(19-2)15(21-4)14(9-11)20-3/h5-9H,1-4H3/b17-10-. The molecule has 7 heteroatoms. The van der Waals surface area contributed by atoms with E-state index < -0.39 is 5.97 Å². The highest BCUT2D eigenvalue weighted by atomic mass is 16.7. The molecule has 0 saturated heterocycles. The van der Waals surface area contributed by atoms with E-state index in [0.717, 1.165) is 0 Å². The summed E-state index contributed by atoms with van der Waals surface area (Å²) in [4.78, 5) is 16.5. The van der Waals surface area contributed by atoms with Crippen molar-refractivity contribution in [2.75, 3.05) is 21.3 Å². The number of hydrogen-bond acceptors (Lipinski definition) is 7. The SMILES string of the molecule is COc1cc(/C(C)=N\OC(=O)c2ccco2)cc(OC)c1OC.